The zero-order valence-electron chi connectivity index (χ0n) is 67.1. The van der Waals surface area contributed by atoms with Crippen LogP contribution in [0.2, 0.25) is 0 Å². The Bertz CT molecular complexity index is 3630. The zero-order valence-corrected chi connectivity index (χ0v) is 67.1. The van der Waals surface area contributed by atoms with E-state index < -0.39 is 6.04 Å². The molecular formula is C74H124N22O7. The standard InChI is InChI=1S/C10H18N2O.C10H16N2O.C9H15N5O.C9H15N5.2C9H16N2O.2C9H14N2O/c2*1-7-6-12(10(3,4)5)9(13)11-8(7)2;1-9(2,3)14-4-11-5-6(14)12-8(10)13-7(5)15;1-9(2,3)14-5-13-6-7(10)11-4-12-8(6)14;4*1-7-5-6-11(8(12)10-7)9(2,3)4/h7H,2,6H2,1,3-5H3,(H,11,13);6H,2H2,1,3-5H3,(H,11,13);4-6H,1-3H3,(H3,10,12,13,15);4-6,8H,1-3H3,(H2,10,11,12);5-6H2,1-4H3;1,5-6H2,2-4H3,(H,10,12);5-6H,1-4H3;5-6H,1H2,2-4H3,(H,10,12). The SMILES string of the molecule is C=C1C=CN(C(C)(C)C)C(=O)N1.C=C1CCN(C(C)(C)C)C(=O)N1.C=C1NC(=O)N(C(C)(C)C)C=C1C.C=C1NC(=O)N(C(C)(C)C)CC1C.CC(C)(C)N1C=NC2C(=O)NC(N)=NC21.CC(C)(C)N1C=NC2C(N)=NC=NC21.CC1=NC(=O)N(C(C)(C)C)CC1.Cc1ccn(C(C)(C)C)c(=O)n1. The van der Waals surface area contributed by atoms with E-state index in [1.807, 2.05) is 199 Å². The van der Waals surface area contributed by atoms with Gasteiger partial charge in [-0.2, -0.15) is 4.98 Å². The van der Waals surface area contributed by atoms with Crippen LogP contribution in [0.3, 0.4) is 0 Å². The number of nitrogens with zero attached hydrogens (tertiary/aromatic N) is 15. The van der Waals surface area contributed by atoms with E-state index in [9.17, 15) is 33.6 Å². The van der Waals surface area contributed by atoms with E-state index >= 15 is 0 Å². The number of hydrogen-bond acceptors (Lipinski definition) is 17. The fraction of sp³-hybridized carbons (Fsp3) is 0.622. The number of amides is 11. The summed E-state index contributed by atoms with van der Waals surface area (Å²) >= 11 is 0. The van der Waals surface area contributed by atoms with E-state index in [1.54, 1.807) is 44.1 Å². The van der Waals surface area contributed by atoms with Crippen LogP contribution in [0.25, 0.3) is 0 Å². The molecule has 2 fully saturated rings. The number of rotatable bonds is 0. The Balaban J connectivity index is 0.000000306. The number of guanidine groups is 1. The predicted octanol–water partition coefficient (Wildman–Crippen LogP) is 10.6. The van der Waals surface area contributed by atoms with E-state index in [0.29, 0.717) is 23.1 Å². The number of urea groups is 5. The van der Waals surface area contributed by atoms with Gasteiger partial charge >= 0.3 is 35.8 Å². The van der Waals surface area contributed by atoms with E-state index in [1.165, 1.54) is 6.34 Å². The zero-order chi connectivity index (χ0) is 79.4. The Labute approximate surface area is 613 Å². The van der Waals surface area contributed by atoms with Crippen molar-refractivity contribution >= 4 is 72.6 Å². The molecule has 10 rings (SSSR count). The molecule has 0 aliphatic carbocycles. The molecule has 5 unspecified atom stereocenters. The highest BCUT2D eigenvalue weighted by molar-refractivity contribution is 6.02. The lowest BCUT2D eigenvalue weighted by atomic mass is 10.00. The highest BCUT2D eigenvalue weighted by atomic mass is 16.2. The van der Waals surface area contributed by atoms with Crippen LogP contribution in [0.1, 0.15) is 205 Å². The lowest BCUT2D eigenvalue weighted by Gasteiger charge is -2.41. The molecule has 0 bridgehead atoms. The molecule has 29 nitrogen and oxygen atoms in total. The minimum Gasteiger partial charge on any atom is -0.385 e. The molecule has 0 saturated carbocycles. The van der Waals surface area contributed by atoms with Crippen LogP contribution in [0.4, 0.5) is 24.0 Å². The van der Waals surface area contributed by atoms with E-state index in [-0.39, 0.29) is 110 Å². The molecule has 5 atom stereocenters. The van der Waals surface area contributed by atoms with Crippen LogP contribution in [0.15, 0.2) is 120 Å². The molecule has 1 aromatic heterocycles. The largest absolute Gasteiger partial charge is 0.385 e. The van der Waals surface area contributed by atoms with Crippen LogP contribution < -0.4 is 43.7 Å². The van der Waals surface area contributed by atoms with Crippen molar-refractivity contribution < 1.29 is 28.8 Å². The summed E-state index contributed by atoms with van der Waals surface area (Å²) in [7, 11) is 0. The molecule has 572 valence electrons. The van der Waals surface area contributed by atoms with Gasteiger partial charge in [-0.05, 0) is 205 Å². The Hall–Kier alpha value is -9.44. The van der Waals surface area contributed by atoms with Gasteiger partial charge in [0.25, 0.3) is 5.91 Å². The third kappa shape index (κ3) is 26.1. The number of amidine groups is 1. The maximum atomic E-state index is 11.6. The number of carbonyl (C=O) groups is 6. The predicted molar refractivity (Wildman–Crippen MR) is 416 cm³/mol. The lowest BCUT2D eigenvalue weighted by Crippen LogP contribution is -2.56. The highest BCUT2D eigenvalue weighted by Gasteiger charge is 2.44. The molecule has 0 radical (unpaired) electrons. The van der Waals surface area contributed by atoms with Crippen molar-refractivity contribution in [3.8, 4) is 0 Å². The number of carbonyl (C=O) groups excluding carboxylic acids is 6. The van der Waals surface area contributed by atoms with Crippen molar-refractivity contribution in [2.24, 2.45) is 47.3 Å². The molecule has 10 heterocycles. The monoisotopic (exact) mass is 1430 g/mol. The number of aliphatic imine (C=N–C) groups is 6. The average Bonchev–Trinajstić information content (AvgIpc) is 1.63. The van der Waals surface area contributed by atoms with E-state index in [2.05, 4.69) is 120 Å². The van der Waals surface area contributed by atoms with Crippen LogP contribution in [-0.4, -0.2) is 199 Å². The second-order valence-corrected chi connectivity index (χ2v) is 34.1. The fourth-order valence-electron chi connectivity index (χ4n) is 10.4. The summed E-state index contributed by atoms with van der Waals surface area (Å²) in [5.74, 6) is 0.862. The number of aryl methyl sites for hydroxylation is 1. The molecule has 1 aromatic rings. The first kappa shape index (κ1) is 87.8. The van der Waals surface area contributed by atoms with Crippen molar-refractivity contribution in [3.05, 3.63) is 102 Å². The molecule has 0 aromatic carbocycles. The van der Waals surface area contributed by atoms with Gasteiger partial charge in [-0.25, -0.2) is 48.7 Å². The average molecular weight is 1430 g/mol. The summed E-state index contributed by atoms with van der Waals surface area (Å²) in [6, 6.07) is 0.904. The van der Waals surface area contributed by atoms with Gasteiger partial charge in [0.05, 0.1) is 12.7 Å². The Morgan fingerprint density at radius 3 is 1.51 bits per heavy atom. The van der Waals surface area contributed by atoms with Gasteiger partial charge in [0, 0.05) is 135 Å². The second-order valence-electron chi connectivity index (χ2n) is 34.1. The Kier molecular flexibility index (Phi) is 29.2. The van der Waals surface area contributed by atoms with Crippen molar-refractivity contribution in [2.45, 2.75) is 275 Å². The normalized spacial score (nSPS) is 21.9. The molecule has 11 amide bonds. The smallest absolute Gasteiger partial charge is 0.348 e. The molecule has 9 N–H and O–H groups in total. The molecule has 9 aliphatic rings. The van der Waals surface area contributed by atoms with E-state index in [4.69, 9.17) is 11.5 Å². The molecule has 29 heteroatoms. The topological polar surface area (TPSA) is 346 Å². The van der Waals surface area contributed by atoms with Gasteiger partial charge < -0.3 is 57.2 Å². The Morgan fingerprint density at radius 2 is 1.04 bits per heavy atom. The van der Waals surface area contributed by atoms with Gasteiger partial charge in [0.1, 0.15) is 18.2 Å². The number of fused-ring (bicyclic) bond motifs is 2. The summed E-state index contributed by atoms with van der Waals surface area (Å²) in [6.45, 7) is 73.6. The number of allylic oxidation sites excluding steroid dienone is 2. The number of aromatic nitrogens is 2. The first-order chi connectivity index (χ1) is 46.7. The minimum atomic E-state index is -0.462. The summed E-state index contributed by atoms with van der Waals surface area (Å²) in [5, 5.41) is 13.3. The van der Waals surface area contributed by atoms with E-state index in [0.717, 1.165) is 60.8 Å². The summed E-state index contributed by atoms with van der Waals surface area (Å²) in [6.07, 6.45) is 13.6. The van der Waals surface area contributed by atoms with Crippen molar-refractivity contribution in [1.82, 2.24) is 70.4 Å². The fourth-order valence-corrected chi connectivity index (χ4v) is 10.4. The van der Waals surface area contributed by atoms with Gasteiger partial charge in [-0.3, -0.25) is 34.5 Å². The van der Waals surface area contributed by atoms with Gasteiger partial charge in [0.15, 0.2) is 24.3 Å². The van der Waals surface area contributed by atoms with Gasteiger partial charge in [0.2, 0.25) is 0 Å². The number of nitrogens with one attached hydrogen (secondary N) is 5. The summed E-state index contributed by atoms with van der Waals surface area (Å²) < 4.78 is 1.62. The molecular weight excluding hydrogens is 1310 g/mol. The van der Waals surface area contributed by atoms with Crippen molar-refractivity contribution in [3.63, 3.8) is 0 Å². The van der Waals surface area contributed by atoms with Gasteiger partial charge in [-0.15, -0.1) is 0 Å². The summed E-state index contributed by atoms with van der Waals surface area (Å²) in [4.78, 5) is 122. The maximum Gasteiger partial charge on any atom is 0.348 e. The number of hydrogen-bond donors (Lipinski definition) is 7. The van der Waals surface area contributed by atoms with Gasteiger partial charge in [-0.1, -0.05) is 33.2 Å². The van der Waals surface area contributed by atoms with Crippen LogP contribution >= 0.6 is 0 Å². The summed E-state index contributed by atoms with van der Waals surface area (Å²) in [5.41, 5.74) is 15.8. The minimum absolute atomic E-state index is 0.00694. The quantitative estimate of drug-likeness (QED) is 0.127. The molecule has 9 aliphatic heterocycles. The van der Waals surface area contributed by atoms with Crippen LogP contribution in [0, 0.1) is 12.8 Å². The number of nitrogens with two attached hydrogens (primary N) is 2. The lowest BCUT2D eigenvalue weighted by molar-refractivity contribution is -0.122. The van der Waals surface area contributed by atoms with Crippen molar-refractivity contribution in [1.29, 1.82) is 0 Å². The van der Waals surface area contributed by atoms with Crippen LogP contribution in [-0.2, 0) is 10.3 Å². The molecule has 2 saturated heterocycles. The third-order valence-corrected chi connectivity index (χ3v) is 16.6. The molecule has 0 spiro atoms. The highest BCUT2D eigenvalue weighted by Crippen LogP contribution is 2.29. The Morgan fingerprint density at radius 1 is 0.534 bits per heavy atom. The third-order valence-electron chi connectivity index (χ3n) is 16.6. The maximum absolute atomic E-state index is 11.6. The van der Waals surface area contributed by atoms with Crippen LogP contribution in [0.5, 0.6) is 0 Å². The first-order valence-corrected chi connectivity index (χ1v) is 34.7. The molecule has 103 heavy (non-hydrogen) atoms. The first-order valence-electron chi connectivity index (χ1n) is 34.7. The van der Waals surface area contributed by atoms with Crippen molar-refractivity contribution in [2.75, 3.05) is 19.6 Å². The second kappa shape index (κ2) is 34.2.